The molecular formula is C18H29N. The lowest BCUT2D eigenvalue weighted by molar-refractivity contribution is 0.335. The third-order valence-electron chi connectivity index (χ3n) is 3.95. The van der Waals surface area contributed by atoms with Crippen LogP contribution in [0.25, 0.3) is 0 Å². The van der Waals surface area contributed by atoms with Gasteiger partial charge in [-0.15, -0.1) is 6.58 Å². The van der Waals surface area contributed by atoms with Gasteiger partial charge in [0.05, 0.1) is 0 Å². The van der Waals surface area contributed by atoms with Crippen molar-refractivity contribution in [2.75, 3.05) is 6.54 Å². The van der Waals surface area contributed by atoms with Crippen molar-refractivity contribution >= 4 is 0 Å². The molecule has 1 nitrogen and oxygen atoms in total. The normalized spacial score (nSPS) is 15.7. The van der Waals surface area contributed by atoms with E-state index < -0.39 is 0 Å². The number of rotatable bonds is 9. The van der Waals surface area contributed by atoms with Crippen LogP contribution in [-0.4, -0.2) is 12.6 Å². The molecule has 0 aliphatic rings. The zero-order chi connectivity index (χ0) is 14.1. The van der Waals surface area contributed by atoms with Gasteiger partial charge in [-0.3, -0.25) is 0 Å². The number of hydrogen-bond acceptors (Lipinski definition) is 1. The van der Waals surface area contributed by atoms with Gasteiger partial charge in [0.1, 0.15) is 0 Å². The smallest absolute Gasteiger partial charge is 0.0173 e. The maximum Gasteiger partial charge on any atom is 0.0173 e. The highest BCUT2D eigenvalue weighted by Crippen LogP contribution is 2.31. The third kappa shape index (κ3) is 4.83. The minimum absolute atomic E-state index is 0.495. The lowest BCUT2D eigenvalue weighted by Crippen LogP contribution is -2.37. The zero-order valence-corrected chi connectivity index (χ0v) is 12.7. The van der Waals surface area contributed by atoms with Crippen LogP contribution >= 0.6 is 0 Å². The van der Waals surface area contributed by atoms with E-state index in [1.165, 1.54) is 18.4 Å². The van der Waals surface area contributed by atoms with Crippen molar-refractivity contribution in [3.05, 3.63) is 48.6 Å². The summed E-state index contributed by atoms with van der Waals surface area (Å²) in [5, 5.41) is 3.71. The second-order valence-electron chi connectivity index (χ2n) is 5.41. The van der Waals surface area contributed by atoms with Crippen molar-refractivity contribution in [3.63, 3.8) is 0 Å². The molecule has 1 rings (SSSR count). The summed E-state index contributed by atoms with van der Waals surface area (Å²) in [7, 11) is 0. The van der Waals surface area contributed by atoms with Crippen molar-refractivity contribution in [2.24, 2.45) is 5.92 Å². The highest BCUT2D eigenvalue weighted by atomic mass is 14.9. The Balaban J connectivity index is 2.95. The molecular weight excluding hydrogens is 230 g/mol. The molecule has 0 fully saturated rings. The van der Waals surface area contributed by atoms with Crippen molar-refractivity contribution in [2.45, 2.75) is 52.0 Å². The van der Waals surface area contributed by atoms with Gasteiger partial charge in [-0.1, -0.05) is 63.6 Å². The largest absolute Gasteiger partial charge is 0.313 e. The molecule has 0 spiro atoms. The van der Waals surface area contributed by atoms with Crippen molar-refractivity contribution in [1.29, 1.82) is 0 Å². The van der Waals surface area contributed by atoms with Crippen LogP contribution in [0.3, 0.4) is 0 Å². The summed E-state index contributed by atoms with van der Waals surface area (Å²) in [6, 6.07) is 11.4. The highest BCUT2D eigenvalue weighted by molar-refractivity contribution is 5.22. The predicted octanol–water partition coefficient (Wildman–Crippen LogP) is 4.76. The quantitative estimate of drug-likeness (QED) is 0.630. The number of hydrogen-bond donors (Lipinski definition) is 1. The molecule has 0 amide bonds. The van der Waals surface area contributed by atoms with Crippen LogP contribution in [0.4, 0.5) is 0 Å². The van der Waals surface area contributed by atoms with E-state index in [1.54, 1.807) is 0 Å². The molecule has 3 atom stereocenters. The summed E-state index contributed by atoms with van der Waals surface area (Å²) in [6.07, 6.45) is 5.46. The molecule has 0 aromatic heterocycles. The molecule has 0 bridgehead atoms. The van der Waals surface area contributed by atoms with Crippen molar-refractivity contribution in [3.8, 4) is 0 Å². The van der Waals surface area contributed by atoms with Crippen LogP contribution in [0.1, 0.15) is 51.5 Å². The Bertz CT molecular complexity index is 344. The predicted molar refractivity (Wildman–Crippen MR) is 85.5 cm³/mol. The summed E-state index contributed by atoms with van der Waals surface area (Å²) < 4.78 is 0. The van der Waals surface area contributed by atoms with Gasteiger partial charge in [-0.25, -0.2) is 0 Å². The summed E-state index contributed by atoms with van der Waals surface area (Å²) >= 11 is 0. The van der Waals surface area contributed by atoms with Gasteiger partial charge in [0.2, 0.25) is 0 Å². The van der Waals surface area contributed by atoms with E-state index in [9.17, 15) is 0 Å². The van der Waals surface area contributed by atoms with Crippen molar-refractivity contribution in [1.82, 2.24) is 5.32 Å². The summed E-state index contributed by atoms with van der Waals surface area (Å²) in [4.78, 5) is 0. The summed E-state index contributed by atoms with van der Waals surface area (Å²) in [5.74, 6) is 1.24. The minimum Gasteiger partial charge on any atom is -0.313 e. The van der Waals surface area contributed by atoms with Gasteiger partial charge in [-0.2, -0.15) is 0 Å². The SMILES string of the molecule is C=CCC(NCCC)C(c1ccccc1)C(C)CC. The second-order valence-corrected chi connectivity index (χ2v) is 5.41. The Morgan fingerprint density at radius 2 is 1.89 bits per heavy atom. The lowest BCUT2D eigenvalue weighted by atomic mass is 9.79. The van der Waals surface area contributed by atoms with Crippen molar-refractivity contribution < 1.29 is 0 Å². The molecule has 1 N–H and O–H groups in total. The Morgan fingerprint density at radius 1 is 1.21 bits per heavy atom. The van der Waals surface area contributed by atoms with E-state index in [0.29, 0.717) is 17.9 Å². The third-order valence-corrected chi connectivity index (χ3v) is 3.95. The van der Waals surface area contributed by atoms with E-state index in [4.69, 9.17) is 0 Å². The fourth-order valence-corrected chi connectivity index (χ4v) is 2.75. The standard InChI is InChI=1S/C18H29N/c1-5-11-17(19-14-6-2)18(15(4)7-3)16-12-9-8-10-13-16/h5,8-10,12-13,15,17-19H,1,6-7,11,14H2,2-4H3. The molecule has 0 saturated carbocycles. The van der Waals surface area contributed by atoms with Crippen LogP contribution in [0, 0.1) is 5.92 Å². The van der Waals surface area contributed by atoms with Crippen LogP contribution in [0.5, 0.6) is 0 Å². The summed E-state index contributed by atoms with van der Waals surface area (Å²) in [6.45, 7) is 11.9. The molecule has 0 radical (unpaired) electrons. The minimum atomic E-state index is 0.495. The Morgan fingerprint density at radius 3 is 2.42 bits per heavy atom. The van der Waals surface area contributed by atoms with Gasteiger partial charge < -0.3 is 5.32 Å². The summed E-state index contributed by atoms with van der Waals surface area (Å²) in [5.41, 5.74) is 1.45. The molecule has 1 heteroatoms. The zero-order valence-electron chi connectivity index (χ0n) is 12.7. The van der Waals surface area contributed by atoms with Gasteiger partial charge in [-0.05, 0) is 30.9 Å². The number of benzene rings is 1. The molecule has 0 heterocycles. The van der Waals surface area contributed by atoms with Gasteiger partial charge in [0.15, 0.2) is 0 Å². The molecule has 1 aromatic carbocycles. The molecule has 0 saturated heterocycles. The average Bonchev–Trinajstić information content (AvgIpc) is 2.46. The van der Waals surface area contributed by atoms with Crippen LogP contribution in [-0.2, 0) is 0 Å². The Hall–Kier alpha value is -1.08. The first-order valence-corrected chi connectivity index (χ1v) is 7.63. The first-order valence-electron chi connectivity index (χ1n) is 7.63. The molecule has 19 heavy (non-hydrogen) atoms. The topological polar surface area (TPSA) is 12.0 Å². The molecule has 0 aliphatic heterocycles. The average molecular weight is 259 g/mol. The van der Waals surface area contributed by atoms with Gasteiger partial charge >= 0.3 is 0 Å². The first kappa shape index (κ1) is 16.0. The number of nitrogens with one attached hydrogen (secondary N) is 1. The van der Waals surface area contributed by atoms with Crippen LogP contribution < -0.4 is 5.32 Å². The van der Waals surface area contributed by atoms with Crippen LogP contribution in [0.15, 0.2) is 43.0 Å². The van der Waals surface area contributed by atoms with E-state index in [1.807, 2.05) is 6.08 Å². The Labute approximate surface area is 119 Å². The molecule has 1 aromatic rings. The van der Waals surface area contributed by atoms with E-state index >= 15 is 0 Å². The highest BCUT2D eigenvalue weighted by Gasteiger charge is 2.26. The lowest BCUT2D eigenvalue weighted by Gasteiger charge is -2.32. The fourth-order valence-electron chi connectivity index (χ4n) is 2.75. The molecule has 3 unspecified atom stereocenters. The molecule has 106 valence electrons. The second kappa shape index (κ2) is 8.92. The van der Waals surface area contributed by atoms with Crippen LogP contribution in [0.2, 0.25) is 0 Å². The first-order chi connectivity index (χ1) is 9.24. The monoisotopic (exact) mass is 259 g/mol. The maximum atomic E-state index is 3.93. The maximum absolute atomic E-state index is 3.93. The fraction of sp³-hybridized carbons (Fsp3) is 0.556. The van der Waals surface area contributed by atoms with Gasteiger partial charge in [0.25, 0.3) is 0 Å². The van der Waals surface area contributed by atoms with E-state index in [0.717, 1.165) is 13.0 Å². The van der Waals surface area contributed by atoms with Gasteiger partial charge in [0, 0.05) is 12.0 Å². The van der Waals surface area contributed by atoms with E-state index in [-0.39, 0.29) is 0 Å². The molecule has 0 aliphatic carbocycles. The van der Waals surface area contributed by atoms with E-state index in [2.05, 4.69) is 63.0 Å². The Kier molecular flexibility index (Phi) is 7.50.